The molecule has 0 aliphatic carbocycles. The number of nitrogens with one attached hydrogen (secondary N) is 1. The summed E-state index contributed by atoms with van der Waals surface area (Å²) >= 11 is 0. The van der Waals surface area contributed by atoms with Crippen LogP contribution in [0, 0.1) is 12.8 Å². The molecule has 4 nitrogen and oxygen atoms in total. The minimum absolute atomic E-state index is 0.0221. The van der Waals surface area contributed by atoms with Gasteiger partial charge in [0.25, 0.3) is 0 Å². The van der Waals surface area contributed by atoms with Crippen LogP contribution in [0.4, 0.5) is 0 Å². The number of unbranched alkanes of at least 4 members (excludes halogenated alkanes) is 1. The first-order valence-corrected chi connectivity index (χ1v) is 7.26. The van der Waals surface area contributed by atoms with Gasteiger partial charge in [-0.3, -0.25) is 9.78 Å². The number of rotatable bonds is 8. The van der Waals surface area contributed by atoms with Crippen molar-refractivity contribution in [1.82, 2.24) is 10.3 Å². The van der Waals surface area contributed by atoms with Crippen molar-refractivity contribution in [2.24, 2.45) is 5.92 Å². The van der Waals surface area contributed by atoms with Crippen molar-refractivity contribution in [3.05, 3.63) is 29.6 Å². The fourth-order valence-electron chi connectivity index (χ4n) is 2.15. The number of nitrogens with zero attached hydrogens (tertiary/aromatic N) is 1. The van der Waals surface area contributed by atoms with Crippen LogP contribution in [0.5, 0.6) is 0 Å². The number of pyridine rings is 1. The molecule has 0 aliphatic rings. The number of aromatic nitrogens is 1. The second-order valence-corrected chi connectivity index (χ2v) is 5.44. The third-order valence-electron chi connectivity index (χ3n) is 3.33. The molecule has 1 rings (SSSR count). The molecule has 0 aliphatic heterocycles. The number of methoxy groups -OCH3 is 1. The van der Waals surface area contributed by atoms with Crippen molar-refractivity contribution in [1.29, 1.82) is 0 Å². The van der Waals surface area contributed by atoms with Crippen molar-refractivity contribution < 1.29 is 9.53 Å². The van der Waals surface area contributed by atoms with Crippen molar-refractivity contribution >= 4 is 5.91 Å². The van der Waals surface area contributed by atoms with Crippen LogP contribution >= 0.6 is 0 Å². The first kappa shape index (κ1) is 16.6. The van der Waals surface area contributed by atoms with Gasteiger partial charge >= 0.3 is 0 Å². The second-order valence-electron chi connectivity index (χ2n) is 5.44. The van der Waals surface area contributed by atoms with Crippen LogP contribution in [0.3, 0.4) is 0 Å². The zero-order valence-electron chi connectivity index (χ0n) is 13.0. The molecular formula is C16H26N2O2. The van der Waals surface area contributed by atoms with Gasteiger partial charge in [-0.15, -0.1) is 0 Å². The molecule has 0 aromatic carbocycles. The molecule has 112 valence electrons. The molecule has 1 aromatic rings. The fraction of sp³-hybridized carbons (Fsp3) is 0.625. The maximum absolute atomic E-state index is 12.0. The highest BCUT2D eigenvalue weighted by molar-refractivity contribution is 5.76. The molecule has 0 bridgehead atoms. The quantitative estimate of drug-likeness (QED) is 0.744. The third kappa shape index (κ3) is 5.29. The Balaban J connectivity index is 2.60. The van der Waals surface area contributed by atoms with E-state index >= 15 is 0 Å². The molecule has 0 radical (unpaired) electrons. The van der Waals surface area contributed by atoms with E-state index in [1.54, 1.807) is 13.3 Å². The maximum atomic E-state index is 12.0. The summed E-state index contributed by atoms with van der Waals surface area (Å²) in [6.45, 7) is 6.94. The predicted octanol–water partition coefficient (Wildman–Crippen LogP) is 3.02. The highest BCUT2D eigenvalue weighted by Crippen LogP contribution is 2.22. The molecule has 0 saturated heterocycles. The van der Waals surface area contributed by atoms with Crippen molar-refractivity contribution in [3.8, 4) is 0 Å². The van der Waals surface area contributed by atoms with Crippen molar-refractivity contribution in [2.75, 3.05) is 13.7 Å². The molecule has 4 heteroatoms. The fourth-order valence-corrected chi connectivity index (χ4v) is 2.15. The molecule has 1 aromatic heterocycles. The van der Waals surface area contributed by atoms with Gasteiger partial charge in [0, 0.05) is 26.3 Å². The van der Waals surface area contributed by atoms with Crippen LogP contribution in [0.15, 0.2) is 18.3 Å². The van der Waals surface area contributed by atoms with Gasteiger partial charge in [0.2, 0.25) is 5.91 Å². The number of carbonyl (C=O) groups is 1. The van der Waals surface area contributed by atoms with Gasteiger partial charge in [-0.1, -0.05) is 19.9 Å². The van der Waals surface area contributed by atoms with Gasteiger partial charge in [0.15, 0.2) is 0 Å². The molecule has 0 unspecified atom stereocenters. The molecule has 1 heterocycles. The first-order chi connectivity index (χ1) is 9.56. The molecule has 20 heavy (non-hydrogen) atoms. The average molecular weight is 278 g/mol. The Morgan fingerprint density at radius 1 is 1.40 bits per heavy atom. The minimum atomic E-state index is -0.0221. The maximum Gasteiger partial charge on any atom is 0.220 e. The van der Waals surface area contributed by atoms with Crippen LogP contribution in [0.1, 0.15) is 50.4 Å². The molecular weight excluding hydrogens is 252 g/mol. The summed E-state index contributed by atoms with van der Waals surface area (Å²) in [6.07, 6.45) is 4.09. The smallest absolute Gasteiger partial charge is 0.220 e. The van der Waals surface area contributed by atoms with Crippen LogP contribution in [0.25, 0.3) is 0 Å². The first-order valence-electron chi connectivity index (χ1n) is 7.26. The molecule has 1 atom stereocenters. The van der Waals surface area contributed by atoms with E-state index in [9.17, 15) is 4.79 Å². The number of aryl methyl sites for hydroxylation is 1. The van der Waals surface area contributed by atoms with Gasteiger partial charge < -0.3 is 10.1 Å². The highest BCUT2D eigenvalue weighted by Gasteiger charge is 2.20. The average Bonchev–Trinajstić information content (AvgIpc) is 2.42. The predicted molar refractivity (Wildman–Crippen MR) is 80.4 cm³/mol. The van der Waals surface area contributed by atoms with E-state index in [4.69, 9.17) is 4.74 Å². The minimum Gasteiger partial charge on any atom is -0.385 e. The standard InChI is InChI=1S/C16H26N2O2/c1-12(2)15(16-13(3)8-7-10-17-16)18-14(19)9-5-6-11-20-4/h7-8,10,12,15H,5-6,9,11H2,1-4H3,(H,18,19)/t15-/m1/s1. The number of ether oxygens (including phenoxy) is 1. The lowest BCUT2D eigenvalue weighted by atomic mass is 9.97. The Kier molecular flexibility index (Phi) is 7.23. The second kappa shape index (κ2) is 8.69. The van der Waals surface area contributed by atoms with Gasteiger partial charge in [-0.25, -0.2) is 0 Å². The molecule has 0 saturated carbocycles. The van der Waals surface area contributed by atoms with Gasteiger partial charge in [-0.05, 0) is 37.3 Å². The van der Waals surface area contributed by atoms with E-state index in [2.05, 4.69) is 24.1 Å². The number of hydrogen-bond donors (Lipinski definition) is 1. The van der Waals surface area contributed by atoms with Crippen LogP contribution in [-0.2, 0) is 9.53 Å². The van der Waals surface area contributed by atoms with E-state index in [0.29, 0.717) is 18.9 Å². The zero-order chi connectivity index (χ0) is 15.0. The lowest BCUT2D eigenvalue weighted by Crippen LogP contribution is -2.32. The van der Waals surface area contributed by atoms with Crippen LogP contribution in [0.2, 0.25) is 0 Å². The molecule has 1 amide bonds. The Hall–Kier alpha value is -1.42. The van der Waals surface area contributed by atoms with Crippen molar-refractivity contribution in [3.63, 3.8) is 0 Å². The SMILES string of the molecule is COCCCCC(=O)N[C@@H](c1ncccc1C)C(C)C. The van der Waals surface area contributed by atoms with Gasteiger partial charge in [0.1, 0.15) is 0 Å². The Labute approximate surface area is 121 Å². The zero-order valence-corrected chi connectivity index (χ0v) is 13.0. The summed E-state index contributed by atoms with van der Waals surface area (Å²) in [4.78, 5) is 16.5. The molecule has 0 fully saturated rings. The van der Waals surface area contributed by atoms with E-state index in [-0.39, 0.29) is 11.9 Å². The van der Waals surface area contributed by atoms with Crippen molar-refractivity contribution in [2.45, 2.75) is 46.1 Å². The number of hydrogen-bond acceptors (Lipinski definition) is 3. The lowest BCUT2D eigenvalue weighted by Gasteiger charge is -2.23. The Bertz CT molecular complexity index is 419. The highest BCUT2D eigenvalue weighted by atomic mass is 16.5. The van der Waals surface area contributed by atoms with E-state index < -0.39 is 0 Å². The monoisotopic (exact) mass is 278 g/mol. The summed E-state index contributed by atoms with van der Waals surface area (Å²) in [6, 6.07) is 3.93. The normalized spacial score (nSPS) is 12.4. The van der Waals surface area contributed by atoms with Crippen LogP contribution in [-0.4, -0.2) is 24.6 Å². The van der Waals surface area contributed by atoms with E-state index in [1.165, 1.54) is 0 Å². The number of carbonyl (C=O) groups excluding carboxylic acids is 1. The third-order valence-corrected chi connectivity index (χ3v) is 3.33. The molecule has 1 N–H and O–H groups in total. The van der Waals surface area contributed by atoms with Crippen LogP contribution < -0.4 is 5.32 Å². The number of amides is 1. The summed E-state index contributed by atoms with van der Waals surface area (Å²) in [5, 5.41) is 3.11. The lowest BCUT2D eigenvalue weighted by molar-refractivity contribution is -0.122. The summed E-state index contributed by atoms with van der Waals surface area (Å²) < 4.78 is 4.99. The summed E-state index contributed by atoms with van der Waals surface area (Å²) in [5.41, 5.74) is 2.08. The summed E-state index contributed by atoms with van der Waals surface area (Å²) in [7, 11) is 1.68. The topological polar surface area (TPSA) is 51.2 Å². The molecule has 0 spiro atoms. The summed E-state index contributed by atoms with van der Waals surface area (Å²) in [5.74, 6) is 0.399. The Morgan fingerprint density at radius 2 is 2.15 bits per heavy atom. The van der Waals surface area contributed by atoms with Gasteiger partial charge in [0.05, 0.1) is 11.7 Å². The Morgan fingerprint density at radius 3 is 2.75 bits per heavy atom. The van der Waals surface area contributed by atoms with Gasteiger partial charge in [-0.2, -0.15) is 0 Å². The largest absolute Gasteiger partial charge is 0.385 e. The van der Waals surface area contributed by atoms with E-state index in [0.717, 1.165) is 24.1 Å². The van der Waals surface area contributed by atoms with E-state index in [1.807, 2.05) is 19.1 Å².